The van der Waals surface area contributed by atoms with Crippen LogP contribution in [0.4, 0.5) is 26.3 Å². The third-order valence-electron chi connectivity index (χ3n) is 2.06. The summed E-state index contributed by atoms with van der Waals surface area (Å²) < 4.78 is 67.0. The van der Waals surface area contributed by atoms with Gasteiger partial charge in [0.2, 0.25) is 0 Å². The van der Waals surface area contributed by atoms with Crippen molar-refractivity contribution in [3.05, 3.63) is 0 Å². The molecule has 0 radical (unpaired) electrons. The normalized spacial score (nSPS) is 17.4. The molecule has 1 fully saturated rings. The summed E-state index contributed by atoms with van der Waals surface area (Å²) in [7, 11) is 2.15. The molecule has 1 rings (SSSR count). The minimum absolute atomic E-state index is 1.16. The highest BCUT2D eigenvalue weighted by Gasteiger charge is 2.54. The number of alkyl halides is 6. The third kappa shape index (κ3) is 7.11. The molecule has 1 N–H and O–H groups in total. The van der Waals surface area contributed by atoms with Gasteiger partial charge in [0, 0.05) is 26.2 Å². The SMILES string of the molecule is CN1CC[15NH][13CH2][13CH2]1.O=C(C(=O)C(F)(F)F)C(F)(F)F. The van der Waals surface area contributed by atoms with Crippen LogP contribution in [0.25, 0.3) is 0 Å². The number of carbonyl (C=O) groups is 2. The molecular formula is C9H12F6N2O2. The summed E-state index contributed by atoms with van der Waals surface area (Å²) in [5, 5.41) is 3.27. The topological polar surface area (TPSA) is 49.4 Å². The van der Waals surface area contributed by atoms with Crippen LogP contribution in [0.2, 0.25) is 0 Å². The molecule has 10 heteroatoms. The largest absolute Gasteiger partial charge is 0.458 e. The lowest BCUT2D eigenvalue weighted by atomic mass is 10.2. The first kappa shape index (κ1) is 17.8. The Morgan fingerprint density at radius 2 is 1.21 bits per heavy atom. The molecule has 1 aliphatic heterocycles. The van der Waals surface area contributed by atoms with E-state index in [1.165, 1.54) is 13.1 Å². The van der Waals surface area contributed by atoms with E-state index >= 15 is 0 Å². The van der Waals surface area contributed by atoms with Crippen LogP contribution in [-0.4, -0.2) is 62.0 Å². The predicted molar refractivity (Wildman–Crippen MR) is 52.5 cm³/mol. The highest BCUT2D eigenvalue weighted by Crippen LogP contribution is 2.23. The highest BCUT2D eigenvalue weighted by atomic mass is 19.4. The fourth-order valence-electron chi connectivity index (χ4n) is 1.03. The number of Topliss-reactive ketones (excluding diaryl/α,β-unsaturated/α-hetero) is 2. The van der Waals surface area contributed by atoms with Crippen molar-refractivity contribution in [2.75, 3.05) is 33.2 Å². The zero-order valence-corrected chi connectivity index (χ0v) is 9.86. The maximum Gasteiger partial charge on any atom is 0.458 e. The number of likely N-dealkylation sites (N-methyl/N-ethyl adjacent to an activating group) is 1. The number of ketones is 2. The standard InChI is InChI=1S/C5H12N2.C4F6O2/c1-7-4-2-6-3-5-7;5-3(6,7)1(11)2(12)4(8,9)10/h6H,2-5H2,1H3;/i2+1,4+1,6+1;. The zero-order valence-electron chi connectivity index (χ0n) is 9.86. The molecule has 0 saturated carbocycles. The van der Waals surface area contributed by atoms with Crippen molar-refractivity contribution in [1.29, 1.82) is 0 Å². The number of hydrogen-bond donors (Lipinski definition) is 1. The number of hydrogen-bond acceptors (Lipinski definition) is 4. The van der Waals surface area contributed by atoms with Gasteiger partial charge in [-0.3, -0.25) is 9.59 Å². The summed E-state index contributed by atoms with van der Waals surface area (Å²) in [5.41, 5.74) is 0. The Morgan fingerprint density at radius 1 is 0.895 bits per heavy atom. The van der Waals surface area contributed by atoms with Gasteiger partial charge < -0.3 is 10.2 Å². The molecule has 1 saturated heterocycles. The molecule has 0 aromatic rings. The molecule has 0 unspecified atom stereocenters. The van der Waals surface area contributed by atoms with Crippen LogP contribution in [0.15, 0.2) is 0 Å². The Hall–Kier alpha value is -1.16. The molecule has 19 heavy (non-hydrogen) atoms. The van der Waals surface area contributed by atoms with Crippen molar-refractivity contribution in [1.82, 2.24) is 10.2 Å². The number of piperazine rings is 1. The summed E-state index contributed by atoms with van der Waals surface area (Å²) in [6, 6.07) is 0. The van der Waals surface area contributed by atoms with Crippen LogP contribution in [0.5, 0.6) is 0 Å². The number of nitrogens with zero attached hydrogens (tertiary/aromatic N) is 1. The third-order valence-corrected chi connectivity index (χ3v) is 2.06. The van der Waals surface area contributed by atoms with Gasteiger partial charge in [0.05, 0.1) is 0 Å². The van der Waals surface area contributed by atoms with Gasteiger partial charge in [-0.05, 0) is 7.05 Å². The summed E-state index contributed by atoms with van der Waals surface area (Å²) in [5.74, 6) is -6.81. The first-order valence-corrected chi connectivity index (χ1v) is 5.08. The maximum atomic E-state index is 11.2. The van der Waals surface area contributed by atoms with Gasteiger partial charge in [0.25, 0.3) is 0 Å². The van der Waals surface area contributed by atoms with Gasteiger partial charge in [-0.1, -0.05) is 0 Å². The molecule has 0 aliphatic carbocycles. The second kappa shape index (κ2) is 6.85. The minimum Gasteiger partial charge on any atom is -0.314 e. The smallest absolute Gasteiger partial charge is 0.314 e. The van der Waals surface area contributed by atoms with Gasteiger partial charge in [-0.25, -0.2) is 0 Å². The monoisotopic (exact) mass is 297 g/mol. The van der Waals surface area contributed by atoms with E-state index in [0.29, 0.717) is 0 Å². The molecule has 1 heterocycles. The Morgan fingerprint density at radius 3 is 1.37 bits per heavy atom. The summed E-state index contributed by atoms with van der Waals surface area (Å²) in [6.07, 6.45) is -11.5. The molecule has 0 aromatic heterocycles. The van der Waals surface area contributed by atoms with Crippen LogP contribution in [0, 0.1) is 0 Å². The molecule has 0 atom stereocenters. The maximum absolute atomic E-state index is 11.2. The van der Waals surface area contributed by atoms with Gasteiger partial charge in [-0.2, -0.15) is 26.3 Å². The molecule has 0 amide bonds. The van der Waals surface area contributed by atoms with Gasteiger partial charge in [0.1, 0.15) is 0 Å². The fourth-order valence-corrected chi connectivity index (χ4v) is 1.03. The van der Waals surface area contributed by atoms with Crippen LogP contribution >= 0.6 is 0 Å². The highest BCUT2D eigenvalue weighted by molar-refractivity contribution is 6.41. The lowest BCUT2D eigenvalue weighted by molar-refractivity contribution is -0.193. The molecule has 4 nitrogen and oxygen atoms in total. The first-order valence-electron chi connectivity index (χ1n) is 5.08. The van der Waals surface area contributed by atoms with E-state index in [1.54, 1.807) is 0 Å². The number of halogens is 6. The molecular weight excluding hydrogens is 285 g/mol. The Labute approximate surface area is 104 Å². The summed E-state index contributed by atoms with van der Waals surface area (Å²) >= 11 is 0. The second-order valence-electron chi connectivity index (χ2n) is 3.71. The Balaban J connectivity index is 0.000000388. The minimum atomic E-state index is -5.77. The number of rotatable bonds is 1. The molecule has 0 spiro atoms. The van der Waals surface area contributed by atoms with Gasteiger partial charge in [0.15, 0.2) is 0 Å². The Bertz CT molecular complexity index is 296. The predicted octanol–water partition coefficient (Wildman–Crippen LogP) is 0.771. The fraction of sp³-hybridized carbons (Fsp3) is 0.778. The molecule has 0 bridgehead atoms. The lowest BCUT2D eigenvalue weighted by Crippen LogP contribution is -2.40. The van der Waals surface area contributed by atoms with Crippen LogP contribution in [-0.2, 0) is 9.59 Å². The van der Waals surface area contributed by atoms with E-state index in [0.717, 1.165) is 13.1 Å². The molecule has 112 valence electrons. The molecule has 1 aliphatic rings. The average molecular weight is 297 g/mol. The van der Waals surface area contributed by atoms with Crippen molar-refractivity contribution in [2.45, 2.75) is 12.4 Å². The van der Waals surface area contributed by atoms with Crippen LogP contribution in [0.3, 0.4) is 0 Å². The van der Waals surface area contributed by atoms with E-state index in [1.807, 2.05) is 0 Å². The number of carbonyl (C=O) groups excluding carboxylic acids is 2. The van der Waals surface area contributed by atoms with Gasteiger partial charge >= 0.3 is 23.9 Å². The van der Waals surface area contributed by atoms with Crippen LogP contribution in [0.1, 0.15) is 0 Å². The van der Waals surface area contributed by atoms with Crippen molar-refractivity contribution in [2.24, 2.45) is 0 Å². The lowest BCUT2D eigenvalue weighted by Gasteiger charge is -2.21. The van der Waals surface area contributed by atoms with E-state index in [-0.39, 0.29) is 0 Å². The van der Waals surface area contributed by atoms with Gasteiger partial charge in [-0.15, -0.1) is 0 Å². The zero-order chi connectivity index (χ0) is 15.3. The second-order valence-corrected chi connectivity index (χ2v) is 3.71. The quantitative estimate of drug-likeness (QED) is 0.336. The van der Waals surface area contributed by atoms with E-state index in [9.17, 15) is 35.9 Å². The van der Waals surface area contributed by atoms with Crippen molar-refractivity contribution in [3.8, 4) is 0 Å². The van der Waals surface area contributed by atoms with E-state index in [2.05, 4.69) is 17.3 Å². The number of nitrogens with one attached hydrogen (secondary N) is 1. The first-order chi connectivity index (χ1) is 8.46. The van der Waals surface area contributed by atoms with Crippen LogP contribution < -0.4 is 5.32 Å². The Kier molecular flexibility index (Phi) is 6.43. The van der Waals surface area contributed by atoms with Crippen molar-refractivity contribution in [3.63, 3.8) is 0 Å². The summed E-state index contributed by atoms with van der Waals surface area (Å²) in [4.78, 5) is 21.6. The average Bonchev–Trinajstić information content (AvgIpc) is 2.26. The van der Waals surface area contributed by atoms with E-state index in [4.69, 9.17) is 0 Å². The molecule has 0 aromatic carbocycles. The van der Waals surface area contributed by atoms with E-state index < -0.39 is 23.9 Å². The summed E-state index contributed by atoms with van der Waals surface area (Å²) in [6.45, 7) is 4.74. The van der Waals surface area contributed by atoms with Crippen molar-refractivity contribution < 1.29 is 35.9 Å². The van der Waals surface area contributed by atoms with Crippen molar-refractivity contribution >= 4 is 11.6 Å².